The number of allylic oxidation sites excluding steroid dienone is 2. The average molecular weight is 779 g/mol. The molecule has 0 aromatic carbocycles. The topological polar surface area (TPSA) is 213 Å². The third-order valence-electron chi connectivity index (χ3n) is 17.4. The molecule has 13 heteroatoms. The number of aliphatic hydroxyl groups excluding tert-OH is 6. The number of carbonyl (C=O) groups is 2. The molecule has 7 rings (SSSR count). The Hall–Kier alpha value is -1.68. The van der Waals surface area contributed by atoms with Crippen LogP contribution in [-0.4, -0.2) is 116 Å². The summed E-state index contributed by atoms with van der Waals surface area (Å²) >= 11 is 0. The second-order valence-electron chi connectivity index (χ2n) is 20.7. The van der Waals surface area contributed by atoms with Gasteiger partial charge in [0.25, 0.3) is 6.47 Å². The zero-order valence-corrected chi connectivity index (χ0v) is 33.6. The number of aliphatic carboxylic acids is 1. The van der Waals surface area contributed by atoms with E-state index in [9.17, 15) is 45.3 Å². The van der Waals surface area contributed by atoms with Crippen LogP contribution < -0.4 is 0 Å². The summed E-state index contributed by atoms with van der Waals surface area (Å²) in [5, 5.41) is 76.3. The summed E-state index contributed by atoms with van der Waals surface area (Å²) in [5.41, 5.74) is 0.0465. The second-order valence-corrected chi connectivity index (χ2v) is 20.7. The molecule has 2 heterocycles. The predicted molar refractivity (Wildman–Crippen MR) is 197 cm³/mol. The van der Waals surface area contributed by atoms with E-state index in [1.807, 2.05) is 0 Å². The molecule has 7 unspecified atom stereocenters. The molecule has 7 N–H and O–H groups in total. The van der Waals surface area contributed by atoms with Gasteiger partial charge in [-0.2, -0.15) is 0 Å². The van der Waals surface area contributed by atoms with E-state index in [2.05, 4.69) is 54.5 Å². The molecule has 2 saturated heterocycles. The Labute approximate surface area is 324 Å². The molecule has 0 bridgehead atoms. The molecule has 13 nitrogen and oxygen atoms in total. The second kappa shape index (κ2) is 14.0. The van der Waals surface area contributed by atoms with Gasteiger partial charge in [0.15, 0.2) is 6.29 Å². The predicted octanol–water partition coefficient (Wildman–Crippen LogP) is 3.29. The molecule has 0 spiro atoms. The Bertz CT molecular complexity index is 1520. The van der Waals surface area contributed by atoms with Crippen LogP contribution in [0.25, 0.3) is 0 Å². The van der Waals surface area contributed by atoms with Crippen LogP contribution in [0, 0.1) is 56.2 Å². The minimum absolute atomic E-state index is 0.0306. The van der Waals surface area contributed by atoms with Crippen molar-refractivity contribution in [3.8, 4) is 0 Å². The fraction of sp³-hybridized carbons (Fsp3) is 0.905. The standard InChI is InChI=1S/C42H66O13/c1-37(2)14-16-42(36(50)51)17-15-40(6)21(23(42)18-37)8-9-26-39(5)12-10-22(38(3,4)25(39)11-13-41(26,40)7)27(45)32-30(48)33(31(49)35(54-32)53-20-43)55-34-29(47)28(46)24(44)19-52-34/h8,20,22-35,44-49H,9-19H2,1-7H3,(H,50,51)/t22-,23?,24+,25?,26?,27?,28?,29-,30+,31-,32-,33?,34-,35?,39-,40+,41+,42-/m0/s1. The highest BCUT2D eigenvalue weighted by molar-refractivity contribution is 5.76. The van der Waals surface area contributed by atoms with E-state index in [0.29, 0.717) is 18.8 Å². The first-order valence-corrected chi connectivity index (χ1v) is 20.6. The van der Waals surface area contributed by atoms with Gasteiger partial charge in [0.1, 0.15) is 42.7 Å². The third kappa shape index (κ3) is 6.10. The molecule has 0 radical (unpaired) electrons. The van der Waals surface area contributed by atoms with Crippen molar-refractivity contribution in [2.24, 2.45) is 56.2 Å². The smallest absolute Gasteiger partial charge is 0.310 e. The van der Waals surface area contributed by atoms with Gasteiger partial charge in [-0.15, -0.1) is 0 Å². The molecule has 18 atom stereocenters. The number of ether oxygens (including phenoxy) is 4. The molecule has 0 aromatic rings. The summed E-state index contributed by atoms with van der Waals surface area (Å²) in [4.78, 5) is 24.5. The number of carboxylic acid groups (broad SMARTS) is 1. The Balaban J connectivity index is 1.15. The molecule has 6 fully saturated rings. The van der Waals surface area contributed by atoms with Gasteiger partial charge < -0.3 is 54.7 Å². The molecule has 0 amide bonds. The van der Waals surface area contributed by atoms with Crippen LogP contribution in [0.2, 0.25) is 0 Å². The van der Waals surface area contributed by atoms with Gasteiger partial charge in [-0.25, -0.2) is 0 Å². The van der Waals surface area contributed by atoms with Crippen molar-refractivity contribution < 1.29 is 64.3 Å². The fourth-order valence-corrected chi connectivity index (χ4v) is 14.0. The van der Waals surface area contributed by atoms with Crippen LogP contribution in [0.5, 0.6) is 0 Å². The maximum Gasteiger partial charge on any atom is 0.310 e. The lowest BCUT2D eigenvalue weighted by Gasteiger charge is -2.71. The monoisotopic (exact) mass is 778 g/mol. The minimum Gasteiger partial charge on any atom is -0.481 e. The first kappa shape index (κ1) is 41.5. The molecule has 0 aromatic heterocycles. The van der Waals surface area contributed by atoms with Crippen LogP contribution in [0.1, 0.15) is 113 Å². The first-order chi connectivity index (χ1) is 25.6. The van der Waals surface area contributed by atoms with Gasteiger partial charge in [0.2, 0.25) is 6.29 Å². The molecular weight excluding hydrogens is 712 g/mol. The maximum absolute atomic E-state index is 13.1. The van der Waals surface area contributed by atoms with Crippen molar-refractivity contribution in [2.45, 2.75) is 174 Å². The van der Waals surface area contributed by atoms with E-state index in [0.717, 1.165) is 51.4 Å². The summed E-state index contributed by atoms with van der Waals surface area (Å²) in [7, 11) is 0. The Morgan fingerprint density at radius 1 is 0.855 bits per heavy atom. The average Bonchev–Trinajstić information content (AvgIpc) is 3.10. The van der Waals surface area contributed by atoms with Crippen molar-refractivity contribution in [2.75, 3.05) is 6.61 Å². The summed E-state index contributed by atoms with van der Waals surface area (Å²) < 4.78 is 22.2. The lowest BCUT2D eigenvalue weighted by molar-refractivity contribution is -0.351. The summed E-state index contributed by atoms with van der Waals surface area (Å²) in [5.74, 6) is -0.442. The number of carbonyl (C=O) groups excluding carboxylic acids is 1. The SMILES string of the molecule is CC1(C)CC[C@]2(C(=O)O)CC[C@]3(C)C(=CCC4[C@@]5(C)CC[C@@H](C(O)[C@@H]6OC(OC=O)[C@@H](O)C(O[C@@H]7OC[C@@H](O)C(O)[C@@H]7O)[C@@H]6O)C(C)(C)C5CC[C@]43C)C2C1. The van der Waals surface area contributed by atoms with Crippen molar-refractivity contribution in [3.63, 3.8) is 0 Å². The number of hydrogen-bond acceptors (Lipinski definition) is 12. The number of hydrogen-bond donors (Lipinski definition) is 7. The largest absolute Gasteiger partial charge is 0.481 e. The van der Waals surface area contributed by atoms with Crippen LogP contribution in [0.4, 0.5) is 0 Å². The zero-order chi connectivity index (χ0) is 40.3. The van der Waals surface area contributed by atoms with E-state index in [4.69, 9.17) is 18.9 Å². The molecule has 4 saturated carbocycles. The van der Waals surface area contributed by atoms with E-state index >= 15 is 0 Å². The van der Waals surface area contributed by atoms with Crippen molar-refractivity contribution in [1.82, 2.24) is 0 Å². The number of rotatable bonds is 7. The van der Waals surface area contributed by atoms with Crippen molar-refractivity contribution in [1.29, 1.82) is 0 Å². The number of carboxylic acids is 1. The Morgan fingerprint density at radius 3 is 2.22 bits per heavy atom. The number of aliphatic hydroxyl groups is 6. The molecule has 7 aliphatic rings. The van der Waals surface area contributed by atoms with Crippen LogP contribution in [0.3, 0.4) is 0 Å². The third-order valence-corrected chi connectivity index (χ3v) is 17.4. The summed E-state index contributed by atoms with van der Waals surface area (Å²) in [6, 6.07) is 0. The van der Waals surface area contributed by atoms with Crippen molar-refractivity contribution >= 4 is 12.4 Å². The Morgan fingerprint density at radius 2 is 1.55 bits per heavy atom. The van der Waals surface area contributed by atoms with Gasteiger partial charge in [-0.05, 0) is 115 Å². The highest BCUT2D eigenvalue weighted by Crippen LogP contribution is 2.76. The lowest BCUT2D eigenvalue weighted by Crippen LogP contribution is -2.67. The van der Waals surface area contributed by atoms with Crippen LogP contribution >= 0.6 is 0 Å². The van der Waals surface area contributed by atoms with E-state index in [-0.39, 0.29) is 52.5 Å². The number of fused-ring (bicyclic) bond motifs is 7. The summed E-state index contributed by atoms with van der Waals surface area (Å²) in [6.45, 7) is 16.0. The normalized spacial score (nSPS) is 52.2. The van der Waals surface area contributed by atoms with Gasteiger partial charge in [-0.3, -0.25) is 9.59 Å². The molecule has 312 valence electrons. The molecule has 2 aliphatic heterocycles. The highest BCUT2D eigenvalue weighted by atomic mass is 16.7. The van der Waals surface area contributed by atoms with Crippen molar-refractivity contribution in [3.05, 3.63) is 11.6 Å². The zero-order valence-electron chi connectivity index (χ0n) is 33.6. The van der Waals surface area contributed by atoms with E-state index < -0.39 is 78.2 Å². The van der Waals surface area contributed by atoms with Crippen LogP contribution in [0.15, 0.2) is 11.6 Å². The fourth-order valence-electron chi connectivity index (χ4n) is 14.0. The van der Waals surface area contributed by atoms with Gasteiger partial charge in [0, 0.05) is 0 Å². The molecular formula is C42H66O13. The van der Waals surface area contributed by atoms with Gasteiger partial charge in [0.05, 0.1) is 18.1 Å². The van der Waals surface area contributed by atoms with Gasteiger partial charge in [-0.1, -0.05) is 60.1 Å². The minimum atomic E-state index is -1.73. The quantitative estimate of drug-likeness (QED) is 0.146. The molecule has 5 aliphatic carbocycles. The van der Waals surface area contributed by atoms with E-state index in [1.165, 1.54) is 5.57 Å². The lowest BCUT2D eigenvalue weighted by atomic mass is 9.33. The molecule has 55 heavy (non-hydrogen) atoms. The van der Waals surface area contributed by atoms with Crippen LogP contribution in [-0.2, 0) is 28.5 Å². The highest BCUT2D eigenvalue weighted by Gasteiger charge is 2.70. The van der Waals surface area contributed by atoms with E-state index in [1.54, 1.807) is 0 Å². The Kier molecular flexibility index (Phi) is 10.5. The maximum atomic E-state index is 13.1. The first-order valence-electron chi connectivity index (χ1n) is 20.6. The van der Waals surface area contributed by atoms with Gasteiger partial charge >= 0.3 is 5.97 Å². The summed E-state index contributed by atoms with van der Waals surface area (Å²) in [6.07, 6.45) is -4.60.